The second kappa shape index (κ2) is 11.7. The number of pyridine rings is 1. The minimum absolute atomic E-state index is 0.0562. The summed E-state index contributed by atoms with van der Waals surface area (Å²) in [5.74, 6) is 1.62. The van der Waals surface area contributed by atoms with E-state index in [0.717, 1.165) is 17.0 Å². The van der Waals surface area contributed by atoms with E-state index in [1.807, 2.05) is 18.3 Å². The molecular formula is C26H41N7O. The van der Waals surface area contributed by atoms with Crippen molar-refractivity contribution >= 4 is 11.8 Å². The van der Waals surface area contributed by atoms with Crippen molar-refractivity contribution in [2.75, 3.05) is 18.6 Å². The number of methoxy groups -OCH3 is 1. The van der Waals surface area contributed by atoms with E-state index in [1.165, 1.54) is 5.56 Å². The molecule has 0 saturated heterocycles. The molecule has 3 rings (SSSR count). The number of hydrogen-bond donors (Lipinski definition) is 2. The maximum Gasteiger partial charge on any atom is 0.219 e. The van der Waals surface area contributed by atoms with Crippen molar-refractivity contribution in [2.45, 2.75) is 78.6 Å². The molecule has 0 aromatic carbocycles. The molecule has 0 unspecified atom stereocenters. The molecule has 0 radical (unpaired) electrons. The largest absolute Gasteiger partial charge is 0.495 e. The second-order valence-corrected chi connectivity index (χ2v) is 11.0. The van der Waals surface area contributed by atoms with Crippen LogP contribution in [-0.4, -0.2) is 32.3 Å². The van der Waals surface area contributed by atoms with Crippen molar-refractivity contribution in [3.63, 3.8) is 0 Å². The molecule has 4 N–H and O–H groups in total. The third-order valence-corrected chi connectivity index (χ3v) is 4.81. The zero-order valence-electron chi connectivity index (χ0n) is 22.3. The Labute approximate surface area is 204 Å². The summed E-state index contributed by atoms with van der Waals surface area (Å²) in [7, 11) is 1.66. The van der Waals surface area contributed by atoms with Gasteiger partial charge in [-0.1, -0.05) is 62.3 Å². The summed E-state index contributed by atoms with van der Waals surface area (Å²) in [6.07, 6.45) is 7.13. The number of anilines is 2. The Hall–Kier alpha value is -3.29. The molecular weight excluding hydrogens is 426 g/mol. The molecule has 3 heterocycles. The van der Waals surface area contributed by atoms with Crippen molar-refractivity contribution in [2.24, 2.45) is 0 Å². The van der Waals surface area contributed by atoms with Gasteiger partial charge >= 0.3 is 0 Å². The first-order valence-corrected chi connectivity index (χ1v) is 11.2. The maximum atomic E-state index is 5.40. The molecule has 3 aromatic rings. The van der Waals surface area contributed by atoms with Gasteiger partial charge in [-0.2, -0.15) is 5.10 Å². The second-order valence-electron chi connectivity index (χ2n) is 11.0. The number of nitrogens with zero attached hydrogens (tertiary/aromatic N) is 5. The predicted octanol–water partition coefficient (Wildman–Crippen LogP) is 5.10. The summed E-state index contributed by atoms with van der Waals surface area (Å²) in [5.41, 5.74) is 14.3. The Bertz CT molecular complexity index is 942. The molecule has 8 nitrogen and oxygen atoms in total. The quantitative estimate of drug-likeness (QED) is 0.506. The molecule has 0 amide bonds. The molecule has 3 aromatic heterocycles. The lowest BCUT2D eigenvalue weighted by molar-refractivity contribution is 0.410. The lowest BCUT2D eigenvalue weighted by Crippen LogP contribution is -2.14. The van der Waals surface area contributed by atoms with Gasteiger partial charge in [0, 0.05) is 24.0 Å². The van der Waals surface area contributed by atoms with Crippen LogP contribution in [0.5, 0.6) is 5.75 Å². The average Bonchev–Trinajstić information content (AvgIpc) is 2.73. The van der Waals surface area contributed by atoms with Crippen LogP contribution in [0.3, 0.4) is 0 Å². The first-order valence-electron chi connectivity index (χ1n) is 11.2. The molecule has 0 atom stereocenters. The first-order chi connectivity index (χ1) is 15.5. The van der Waals surface area contributed by atoms with Crippen LogP contribution in [0, 0.1) is 0 Å². The summed E-state index contributed by atoms with van der Waals surface area (Å²) < 4.78 is 5.09. The monoisotopic (exact) mass is 467 g/mol. The van der Waals surface area contributed by atoms with E-state index in [-0.39, 0.29) is 16.2 Å². The molecule has 0 aliphatic heterocycles. The van der Waals surface area contributed by atoms with Crippen molar-refractivity contribution in [1.29, 1.82) is 0 Å². The molecule has 8 heteroatoms. The number of rotatable bonds is 1. The van der Waals surface area contributed by atoms with Gasteiger partial charge in [0.25, 0.3) is 0 Å². The van der Waals surface area contributed by atoms with Crippen molar-refractivity contribution in [3.05, 3.63) is 59.8 Å². The summed E-state index contributed by atoms with van der Waals surface area (Å²) in [4.78, 5) is 11.9. The highest BCUT2D eigenvalue weighted by molar-refractivity contribution is 5.28. The topological polar surface area (TPSA) is 126 Å². The van der Waals surface area contributed by atoms with E-state index in [2.05, 4.69) is 87.5 Å². The predicted molar refractivity (Wildman–Crippen MR) is 140 cm³/mol. The van der Waals surface area contributed by atoms with Crippen LogP contribution in [0.25, 0.3) is 0 Å². The van der Waals surface area contributed by atoms with Crippen molar-refractivity contribution in [1.82, 2.24) is 25.1 Å². The average molecular weight is 468 g/mol. The molecule has 0 bridgehead atoms. The summed E-state index contributed by atoms with van der Waals surface area (Å²) in [6, 6.07) is 5.70. The summed E-state index contributed by atoms with van der Waals surface area (Å²) in [5, 5.41) is 7.75. The van der Waals surface area contributed by atoms with Gasteiger partial charge in [-0.3, -0.25) is 4.98 Å². The normalized spacial score (nSPS) is 11.5. The van der Waals surface area contributed by atoms with E-state index in [9.17, 15) is 0 Å². The third kappa shape index (κ3) is 10.1. The molecule has 34 heavy (non-hydrogen) atoms. The highest BCUT2D eigenvalue weighted by atomic mass is 16.5. The number of aromatic nitrogens is 5. The third-order valence-electron chi connectivity index (χ3n) is 4.81. The number of hydrogen-bond acceptors (Lipinski definition) is 8. The molecule has 186 valence electrons. The van der Waals surface area contributed by atoms with Crippen molar-refractivity contribution < 1.29 is 4.74 Å². The van der Waals surface area contributed by atoms with Gasteiger partial charge < -0.3 is 16.2 Å². The van der Waals surface area contributed by atoms with Gasteiger partial charge in [-0.25, -0.2) is 9.97 Å². The van der Waals surface area contributed by atoms with Crippen LogP contribution in [0.1, 0.15) is 79.1 Å². The number of nitrogens with two attached hydrogens (primary N) is 2. The molecule has 0 aliphatic rings. The molecule has 0 fully saturated rings. The molecule has 0 spiro atoms. The Kier molecular flexibility index (Phi) is 9.91. The van der Waals surface area contributed by atoms with Gasteiger partial charge in [0.2, 0.25) is 5.95 Å². The van der Waals surface area contributed by atoms with E-state index in [4.69, 9.17) is 16.2 Å². The van der Waals surface area contributed by atoms with Gasteiger partial charge in [0.05, 0.1) is 19.0 Å². The lowest BCUT2D eigenvalue weighted by Gasteiger charge is -2.18. The van der Waals surface area contributed by atoms with E-state index >= 15 is 0 Å². The zero-order valence-corrected chi connectivity index (χ0v) is 22.3. The van der Waals surface area contributed by atoms with Crippen LogP contribution in [0.2, 0.25) is 0 Å². The van der Waals surface area contributed by atoms with Gasteiger partial charge in [0.15, 0.2) is 0 Å². The highest BCUT2D eigenvalue weighted by Gasteiger charge is 2.15. The van der Waals surface area contributed by atoms with Crippen LogP contribution >= 0.6 is 0 Å². The van der Waals surface area contributed by atoms with E-state index < -0.39 is 0 Å². The Morgan fingerprint density at radius 1 is 0.676 bits per heavy atom. The Balaban J connectivity index is 0.000000255. The van der Waals surface area contributed by atoms with Gasteiger partial charge in [0.1, 0.15) is 11.6 Å². The van der Waals surface area contributed by atoms with Crippen LogP contribution in [0.4, 0.5) is 11.8 Å². The fourth-order valence-corrected chi connectivity index (χ4v) is 2.41. The van der Waals surface area contributed by atoms with E-state index in [0.29, 0.717) is 11.8 Å². The first kappa shape index (κ1) is 28.7. The molecule has 0 saturated carbocycles. The Morgan fingerprint density at radius 3 is 1.65 bits per heavy atom. The fraction of sp³-hybridized carbons (Fsp3) is 0.500. The van der Waals surface area contributed by atoms with Gasteiger partial charge in [-0.05, 0) is 40.2 Å². The molecule has 0 aliphatic carbocycles. The summed E-state index contributed by atoms with van der Waals surface area (Å²) >= 11 is 0. The standard InChI is InChI=1S/C10H15NO.2C8H13N3/c1-10(2,3)8-5-9(12-4)7-11-6-8;1-8(2,3)6-4-10-7(9)11-5-6;1-8(2,3)6-4-5-7(9)11-10-6/h5-7H,1-4H3;4-5H,1-3H3,(H2,9,10,11);4-5H,1-3H3,(H2,9,11). The Morgan fingerprint density at radius 2 is 1.24 bits per heavy atom. The maximum absolute atomic E-state index is 5.40. The minimum atomic E-state index is 0.0562. The van der Waals surface area contributed by atoms with Crippen LogP contribution in [-0.2, 0) is 16.2 Å². The van der Waals surface area contributed by atoms with Gasteiger partial charge in [-0.15, -0.1) is 5.10 Å². The summed E-state index contributed by atoms with van der Waals surface area (Å²) in [6.45, 7) is 19.1. The SMILES string of the molecule is CC(C)(C)c1ccc(N)nn1.CC(C)(C)c1cnc(N)nc1.COc1cncc(C(C)(C)C)c1. The zero-order chi connectivity index (χ0) is 26.2. The van der Waals surface area contributed by atoms with E-state index in [1.54, 1.807) is 31.8 Å². The van der Waals surface area contributed by atoms with Crippen LogP contribution < -0.4 is 16.2 Å². The van der Waals surface area contributed by atoms with Crippen LogP contribution in [0.15, 0.2) is 43.0 Å². The van der Waals surface area contributed by atoms with Crippen molar-refractivity contribution in [3.8, 4) is 5.75 Å². The number of ether oxygens (including phenoxy) is 1. The minimum Gasteiger partial charge on any atom is -0.495 e. The fourth-order valence-electron chi connectivity index (χ4n) is 2.41. The highest BCUT2D eigenvalue weighted by Crippen LogP contribution is 2.24. The smallest absolute Gasteiger partial charge is 0.219 e. The number of nitrogen functional groups attached to an aromatic ring is 2. The lowest BCUT2D eigenvalue weighted by atomic mass is 9.88.